The topological polar surface area (TPSA) is 52.1 Å². The van der Waals surface area contributed by atoms with Gasteiger partial charge >= 0.3 is 5.97 Å². The van der Waals surface area contributed by atoms with Crippen LogP contribution >= 0.6 is 0 Å². The van der Waals surface area contributed by atoms with Crippen LogP contribution in [0.4, 0.5) is 17.6 Å². The number of ether oxygens (including phenoxy) is 1. The highest BCUT2D eigenvalue weighted by Gasteiger charge is 2.29. The fraction of sp³-hybridized carbons (Fsp3) is 0.476. The number of aromatic nitrogens is 2. The lowest BCUT2D eigenvalue weighted by molar-refractivity contribution is -0.148. The third kappa shape index (κ3) is 4.74. The van der Waals surface area contributed by atoms with Gasteiger partial charge in [-0.1, -0.05) is 34.6 Å². The molecule has 1 atom stereocenters. The standard InChI is InChI=1S/C21H24F4N2O2/c1-10(2)14(12-7-26-20(27-8-12)21(4,5)6)19(28)29-9-13-17(24)15(22)11(3)16(23)18(13)25/h7-8,10,14H,9H2,1-6H3. The number of carbonyl (C=O) groups is 1. The molecule has 2 aromatic rings. The predicted octanol–water partition coefficient (Wildman–Crippen LogP) is 5.12. The third-order valence-corrected chi connectivity index (χ3v) is 4.55. The molecule has 0 fully saturated rings. The number of hydrogen-bond donors (Lipinski definition) is 0. The molecular weight excluding hydrogens is 388 g/mol. The second-order valence-corrected chi connectivity index (χ2v) is 8.28. The maximum atomic E-state index is 14.0. The molecule has 158 valence electrons. The molecule has 8 heteroatoms. The van der Waals surface area contributed by atoms with Crippen LogP contribution in [0, 0.1) is 36.1 Å². The fourth-order valence-corrected chi connectivity index (χ4v) is 2.83. The molecule has 4 nitrogen and oxygen atoms in total. The molecule has 0 saturated heterocycles. The molecular formula is C21H24F4N2O2. The molecule has 1 aromatic heterocycles. The van der Waals surface area contributed by atoms with Crippen LogP contribution in [0.15, 0.2) is 12.4 Å². The smallest absolute Gasteiger partial charge is 0.314 e. The Kier molecular flexibility index (Phi) is 6.65. The molecule has 0 bridgehead atoms. The maximum Gasteiger partial charge on any atom is 0.314 e. The van der Waals surface area contributed by atoms with Gasteiger partial charge in [-0.3, -0.25) is 4.79 Å². The van der Waals surface area contributed by atoms with Gasteiger partial charge in [0.25, 0.3) is 0 Å². The van der Waals surface area contributed by atoms with Gasteiger partial charge in [0.05, 0.1) is 11.5 Å². The van der Waals surface area contributed by atoms with Crippen molar-refractivity contribution in [1.29, 1.82) is 0 Å². The number of esters is 1. The first-order valence-electron chi connectivity index (χ1n) is 9.16. The SMILES string of the molecule is Cc1c(F)c(F)c(COC(=O)C(c2cnc(C(C)(C)C)nc2)C(C)C)c(F)c1F. The van der Waals surface area contributed by atoms with Crippen molar-refractivity contribution in [3.63, 3.8) is 0 Å². The first kappa shape index (κ1) is 22.8. The summed E-state index contributed by atoms with van der Waals surface area (Å²) in [6, 6.07) is 0. The van der Waals surface area contributed by atoms with E-state index in [-0.39, 0.29) is 11.3 Å². The Labute approximate surface area is 167 Å². The number of rotatable bonds is 5. The Bertz CT molecular complexity index is 877. The molecule has 1 unspecified atom stereocenters. The fourth-order valence-electron chi connectivity index (χ4n) is 2.83. The van der Waals surface area contributed by atoms with E-state index < -0.39 is 52.9 Å². The molecule has 0 N–H and O–H groups in total. The molecule has 0 aliphatic carbocycles. The van der Waals surface area contributed by atoms with Crippen LogP contribution in [0.3, 0.4) is 0 Å². The minimum absolute atomic E-state index is 0.243. The van der Waals surface area contributed by atoms with Crippen molar-refractivity contribution in [3.8, 4) is 0 Å². The van der Waals surface area contributed by atoms with E-state index in [1.54, 1.807) is 13.8 Å². The van der Waals surface area contributed by atoms with Crippen LogP contribution < -0.4 is 0 Å². The molecule has 0 radical (unpaired) electrons. The molecule has 29 heavy (non-hydrogen) atoms. The minimum Gasteiger partial charge on any atom is -0.460 e. The molecule has 2 rings (SSSR count). The summed E-state index contributed by atoms with van der Waals surface area (Å²) in [4.78, 5) is 21.1. The van der Waals surface area contributed by atoms with Crippen molar-refractivity contribution < 1.29 is 27.1 Å². The minimum atomic E-state index is -1.58. The lowest BCUT2D eigenvalue weighted by Gasteiger charge is -2.21. The van der Waals surface area contributed by atoms with Crippen LogP contribution in [0.2, 0.25) is 0 Å². The van der Waals surface area contributed by atoms with Gasteiger partial charge in [0, 0.05) is 28.9 Å². The van der Waals surface area contributed by atoms with Crippen LogP contribution in [0.25, 0.3) is 0 Å². The van der Waals surface area contributed by atoms with Gasteiger partial charge < -0.3 is 4.74 Å². The Morgan fingerprint density at radius 2 is 1.48 bits per heavy atom. The predicted molar refractivity (Wildman–Crippen MR) is 99.1 cm³/mol. The summed E-state index contributed by atoms with van der Waals surface area (Å²) >= 11 is 0. The van der Waals surface area contributed by atoms with Crippen molar-refractivity contribution >= 4 is 5.97 Å². The summed E-state index contributed by atoms with van der Waals surface area (Å²) in [5.74, 6) is -7.44. The highest BCUT2D eigenvalue weighted by Crippen LogP contribution is 2.28. The van der Waals surface area contributed by atoms with Gasteiger partial charge in [0.2, 0.25) is 0 Å². The van der Waals surface area contributed by atoms with E-state index in [1.807, 2.05) is 20.8 Å². The maximum absolute atomic E-state index is 14.0. The first-order valence-corrected chi connectivity index (χ1v) is 9.16. The largest absolute Gasteiger partial charge is 0.460 e. The van der Waals surface area contributed by atoms with E-state index >= 15 is 0 Å². The lowest BCUT2D eigenvalue weighted by Crippen LogP contribution is -2.23. The first-order chi connectivity index (χ1) is 13.4. The third-order valence-electron chi connectivity index (χ3n) is 4.55. The van der Waals surface area contributed by atoms with Gasteiger partial charge in [-0.05, 0) is 12.8 Å². The highest BCUT2D eigenvalue weighted by atomic mass is 19.2. The van der Waals surface area contributed by atoms with Crippen molar-refractivity contribution in [1.82, 2.24) is 9.97 Å². The van der Waals surface area contributed by atoms with E-state index in [0.29, 0.717) is 11.4 Å². The summed E-state index contributed by atoms with van der Waals surface area (Å²) in [5, 5.41) is 0. The molecule has 0 spiro atoms. The lowest BCUT2D eigenvalue weighted by atomic mass is 9.89. The Balaban J connectivity index is 2.26. The Hall–Kier alpha value is -2.51. The summed E-state index contributed by atoms with van der Waals surface area (Å²) < 4.78 is 60.4. The molecule has 0 saturated carbocycles. The zero-order valence-corrected chi connectivity index (χ0v) is 17.2. The average Bonchev–Trinajstić information content (AvgIpc) is 2.64. The van der Waals surface area contributed by atoms with Crippen molar-refractivity contribution in [2.45, 2.75) is 59.5 Å². The molecule has 0 aliphatic rings. The normalized spacial score (nSPS) is 12.9. The van der Waals surface area contributed by atoms with E-state index in [1.165, 1.54) is 12.4 Å². The van der Waals surface area contributed by atoms with Crippen LogP contribution in [-0.2, 0) is 21.6 Å². The van der Waals surface area contributed by atoms with Crippen LogP contribution in [0.1, 0.15) is 63.1 Å². The second kappa shape index (κ2) is 8.47. The Morgan fingerprint density at radius 3 is 1.90 bits per heavy atom. The quantitative estimate of drug-likeness (QED) is 0.389. The Morgan fingerprint density at radius 1 is 1.00 bits per heavy atom. The van der Waals surface area contributed by atoms with Crippen molar-refractivity contribution in [2.75, 3.05) is 0 Å². The number of benzene rings is 1. The number of hydrogen-bond acceptors (Lipinski definition) is 4. The second-order valence-electron chi connectivity index (χ2n) is 8.28. The van der Waals surface area contributed by atoms with Gasteiger partial charge in [-0.25, -0.2) is 27.5 Å². The van der Waals surface area contributed by atoms with E-state index in [4.69, 9.17) is 4.74 Å². The number of halogens is 4. The zero-order chi connectivity index (χ0) is 22.1. The molecule has 1 aromatic carbocycles. The molecule has 0 amide bonds. The van der Waals surface area contributed by atoms with Crippen molar-refractivity contribution in [2.24, 2.45) is 5.92 Å². The summed E-state index contributed by atoms with van der Waals surface area (Å²) in [7, 11) is 0. The summed E-state index contributed by atoms with van der Waals surface area (Å²) in [6.07, 6.45) is 3.01. The molecule has 0 aliphatic heterocycles. The zero-order valence-electron chi connectivity index (χ0n) is 17.2. The van der Waals surface area contributed by atoms with Gasteiger partial charge in [0.1, 0.15) is 12.4 Å². The number of nitrogens with zero attached hydrogens (tertiary/aromatic N) is 2. The number of carbonyl (C=O) groups excluding carboxylic acids is 1. The van der Waals surface area contributed by atoms with Gasteiger partial charge in [-0.15, -0.1) is 0 Å². The molecule has 1 heterocycles. The van der Waals surface area contributed by atoms with Gasteiger partial charge in [0.15, 0.2) is 23.3 Å². The van der Waals surface area contributed by atoms with Crippen LogP contribution in [0.5, 0.6) is 0 Å². The summed E-state index contributed by atoms with van der Waals surface area (Å²) in [5.41, 5.74) is -1.55. The van der Waals surface area contributed by atoms with Gasteiger partial charge in [-0.2, -0.15) is 0 Å². The average molecular weight is 412 g/mol. The highest BCUT2D eigenvalue weighted by molar-refractivity contribution is 5.78. The van der Waals surface area contributed by atoms with E-state index in [0.717, 1.165) is 6.92 Å². The van der Waals surface area contributed by atoms with Crippen molar-refractivity contribution in [3.05, 3.63) is 58.2 Å². The monoisotopic (exact) mass is 412 g/mol. The van der Waals surface area contributed by atoms with Crippen LogP contribution in [-0.4, -0.2) is 15.9 Å². The van der Waals surface area contributed by atoms with E-state index in [9.17, 15) is 22.4 Å². The van der Waals surface area contributed by atoms with E-state index in [2.05, 4.69) is 9.97 Å². The summed E-state index contributed by atoms with van der Waals surface area (Å²) in [6.45, 7) is 9.33.